The molecule has 6 heteroatoms. The highest BCUT2D eigenvalue weighted by molar-refractivity contribution is 5.85. The van der Waals surface area contributed by atoms with Crippen molar-refractivity contribution in [1.29, 1.82) is 0 Å². The highest BCUT2D eigenvalue weighted by Gasteiger charge is 2.03. The van der Waals surface area contributed by atoms with Gasteiger partial charge < -0.3 is 16.0 Å². The Hall–Kier alpha value is -0.970. The normalized spacial score (nSPS) is 10.9. The molecule has 0 saturated heterocycles. The number of rotatable bonds is 9. The fourth-order valence-corrected chi connectivity index (χ4v) is 1.96. The van der Waals surface area contributed by atoms with Gasteiger partial charge in [-0.05, 0) is 38.3 Å². The first kappa shape index (κ1) is 23.3. The number of carbonyl (C=O) groups is 1. The topological polar surface area (TPSA) is 58.4 Å². The number of nitrogens with one attached hydrogen (secondary N) is 1. The number of amides is 1. The van der Waals surface area contributed by atoms with Crippen molar-refractivity contribution in [3.8, 4) is 0 Å². The lowest BCUT2D eigenvalue weighted by Gasteiger charge is -2.19. The second-order valence-electron chi connectivity index (χ2n) is 5.33. The first-order valence-corrected chi connectivity index (χ1v) is 7.38. The molecule has 128 valence electrons. The Morgan fingerprint density at radius 1 is 1.23 bits per heavy atom. The van der Waals surface area contributed by atoms with Crippen LogP contribution in [0.4, 0.5) is 5.69 Å². The highest BCUT2D eigenvalue weighted by atomic mass is 35.5. The van der Waals surface area contributed by atoms with E-state index in [1.54, 1.807) is 0 Å². The predicted molar refractivity (Wildman–Crippen MR) is 99.3 cm³/mol. The number of nitrogens with two attached hydrogens (primary N) is 1. The van der Waals surface area contributed by atoms with Crippen molar-refractivity contribution in [1.82, 2.24) is 5.32 Å². The molecule has 0 aliphatic heterocycles. The maximum Gasteiger partial charge on any atom is 0.220 e. The van der Waals surface area contributed by atoms with Crippen LogP contribution >= 0.6 is 24.8 Å². The summed E-state index contributed by atoms with van der Waals surface area (Å²) in [5.74, 6) is 0.110. The third-order valence-electron chi connectivity index (χ3n) is 3.27. The number of hydrogen-bond donors (Lipinski definition) is 2. The Bertz CT molecular complexity index is 388. The van der Waals surface area contributed by atoms with Crippen LogP contribution in [0.2, 0.25) is 0 Å². The van der Waals surface area contributed by atoms with E-state index in [4.69, 9.17) is 5.73 Å². The van der Waals surface area contributed by atoms with Crippen molar-refractivity contribution in [2.45, 2.75) is 38.6 Å². The van der Waals surface area contributed by atoms with E-state index in [1.165, 1.54) is 5.69 Å². The maximum atomic E-state index is 11.5. The molecule has 0 bridgehead atoms. The van der Waals surface area contributed by atoms with Crippen LogP contribution in [-0.2, 0) is 4.79 Å². The van der Waals surface area contributed by atoms with Gasteiger partial charge in [-0.2, -0.15) is 0 Å². The third-order valence-corrected chi connectivity index (χ3v) is 3.27. The van der Waals surface area contributed by atoms with Crippen molar-refractivity contribution < 1.29 is 4.79 Å². The number of unbranched alkanes of at least 4 members (excludes halogenated alkanes) is 1. The van der Waals surface area contributed by atoms with Gasteiger partial charge in [-0.25, -0.2) is 0 Å². The Balaban J connectivity index is 0. The molecule has 1 atom stereocenters. The summed E-state index contributed by atoms with van der Waals surface area (Å²) in [6, 6.07) is 10.4. The predicted octanol–water partition coefficient (Wildman–Crippen LogP) is 2.99. The summed E-state index contributed by atoms with van der Waals surface area (Å²) < 4.78 is 0. The molecule has 0 fully saturated rings. The van der Waals surface area contributed by atoms with E-state index in [1.807, 2.05) is 25.1 Å². The molecular formula is C16H29Cl2N3O. The molecule has 1 aromatic rings. The summed E-state index contributed by atoms with van der Waals surface area (Å²) in [4.78, 5) is 13.7. The second kappa shape index (κ2) is 13.7. The Kier molecular flexibility index (Phi) is 14.5. The molecule has 22 heavy (non-hydrogen) atoms. The van der Waals surface area contributed by atoms with Crippen LogP contribution in [0.15, 0.2) is 30.3 Å². The largest absolute Gasteiger partial charge is 0.375 e. The van der Waals surface area contributed by atoms with Crippen molar-refractivity contribution in [3.63, 3.8) is 0 Å². The minimum Gasteiger partial charge on any atom is -0.375 e. The van der Waals surface area contributed by atoms with Crippen LogP contribution in [0, 0.1) is 0 Å². The third kappa shape index (κ3) is 10.7. The lowest BCUT2D eigenvalue weighted by atomic mass is 10.2. The van der Waals surface area contributed by atoms with E-state index in [-0.39, 0.29) is 36.8 Å². The van der Waals surface area contributed by atoms with E-state index in [0.29, 0.717) is 6.42 Å². The Morgan fingerprint density at radius 2 is 1.86 bits per heavy atom. The molecule has 0 aliphatic rings. The summed E-state index contributed by atoms with van der Waals surface area (Å²) in [7, 11) is 2.09. The summed E-state index contributed by atoms with van der Waals surface area (Å²) in [5, 5.41) is 2.94. The molecule has 1 unspecified atom stereocenters. The molecule has 4 nitrogen and oxygen atoms in total. The molecule has 0 spiro atoms. The van der Waals surface area contributed by atoms with Gasteiger partial charge in [-0.1, -0.05) is 18.2 Å². The van der Waals surface area contributed by atoms with E-state index >= 15 is 0 Å². The lowest BCUT2D eigenvalue weighted by Crippen LogP contribution is -2.27. The van der Waals surface area contributed by atoms with Crippen LogP contribution in [-0.4, -0.2) is 32.1 Å². The number of benzene rings is 1. The van der Waals surface area contributed by atoms with Crippen LogP contribution < -0.4 is 16.0 Å². The summed E-state index contributed by atoms with van der Waals surface area (Å²) in [6.07, 6.45) is 3.35. The Labute approximate surface area is 146 Å². The molecule has 0 heterocycles. The van der Waals surface area contributed by atoms with E-state index in [9.17, 15) is 4.79 Å². The van der Waals surface area contributed by atoms with Crippen molar-refractivity contribution >= 4 is 36.4 Å². The second-order valence-corrected chi connectivity index (χ2v) is 5.33. The van der Waals surface area contributed by atoms with E-state index in [2.05, 4.69) is 29.4 Å². The van der Waals surface area contributed by atoms with E-state index in [0.717, 1.165) is 32.4 Å². The molecule has 0 radical (unpaired) electrons. The number of nitrogens with zero attached hydrogens (tertiary/aromatic N) is 1. The monoisotopic (exact) mass is 349 g/mol. The zero-order valence-corrected chi connectivity index (χ0v) is 15.1. The van der Waals surface area contributed by atoms with Gasteiger partial charge in [0.15, 0.2) is 0 Å². The quantitative estimate of drug-likeness (QED) is 0.673. The fraction of sp³-hybridized carbons (Fsp3) is 0.562. The zero-order valence-electron chi connectivity index (χ0n) is 13.5. The van der Waals surface area contributed by atoms with Crippen LogP contribution in [0.1, 0.15) is 32.6 Å². The summed E-state index contributed by atoms with van der Waals surface area (Å²) in [6.45, 7) is 3.67. The average molecular weight is 350 g/mol. The number of halogens is 2. The average Bonchev–Trinajstić information content (AvgIpc) is 2.45. The molecule has 0 aromatic heterocycles. The van der Waals surface area contributed by atoms with E-state index < -0.39 is 0 Å². The van der Waals surface area contributed by atoms with Gasteiger partial charge in [-0.3, -0.25) is 4.79 Å². The number of para-hydroxylation sites is 1. The molecule has 0 aliphatic carbocycles. The zero-order chi connectivity index (χ0) is 14.8. The first-order chi connectivity index (χ1) is 9.59. The van der Waals surface area contributed by atoms with Gasteiger partial charge in [0.2, 0.25) is 5.91 Å². The molecule has 1 amide bonds. The van der Waals surface area contributed by atoms with Gasteiger partial charge >= 0.3 is 0 Å². The standard InChI is InChI=1S/C16H27N3O.2ClH/c1-14(17)10-11-16(20)18-12-6-7-13-19(2)15-8-4-3-5-9-15;;/h3-5,8-9,14H,6-7,10-13,17H2,1-2H3,(H,18,20);2*1H. The minimum atomic E-state index is 0. The van der Waals surface area contributed by atoms with Gasteiger partial charge in [-0.15, -0.1) is 24.8 Å². The van der Waals surface area contributed by atoms with Crippen LogP contribution in [0.25, 0.3) is 0 Å². The van der Waals surface area contributed by atoms with Gasteiger partial charge in [0.1, 0.15) is 0 Å². The van der Waals surface area contributed by atoms with Gasteiger partial charge in [0, 0.05) is 38.3 Å². The molecular weight excluding hydrogens is 321 g/mol. The Morgan fingerprint density at radius 3 is 2.45 bits per heavy atom. The number of carbonyl (C=O) groups excluding carboxylic acids is 1. The smallest absolute Gasteiger partial charge is 0.220 e. The number of anilines is 1. The minimum absolute atomic E-state index is 0. The molecule has 0 saturated carbocycles. The van der Waals surface area contributed by atoms with Crippen LogP contribution in [0.3, 0.4) is 0 Å². The molecule has 1 aromatic carbocycles. The van der Waals surface area contributed by atoms with Crippen molar-refractivity contribution in [3.05, 3.63) is 30.3 Å². The SMILES string of the molecule is CC(N)CCC(=O)NCCCCN(C)c1ccccc1.Cl.Cl. The summed E-state index contributed by atoms with van der Waals surface area (Å²) >= 11 is 0. The fourth-order valence-electron chi connectivity index (χ4n) is 1.96. The summed E-state index contributed by atoms with van der Waals surface area (Å²) in [5.41, 5.74) is 6.85. The number of hydrogen-bond acceptors (Lipinski definition) is 3. The van der Waals surface area contributed by atoms with Crippen molar-refractivity contribution in [2.24, 2.45) is 5.73 Å². The van der Waals surface area contributed by atoms with Crippen molar-refractivity contribution in [2.75, 3.05) is 25.0 Å². The molecule has 3 N–H and O–H groups in total. The van der Waals surface area contributed by atoms with Crippen LogP contribution in [0.5, 0.6) is 0 Å². The van der Waals surface area contributed by atoms with Gasteiger partial charge in [0.05, 0.1) is 0 Å². The highest BCUT2D eigenvalue weighted by Crippen LogP contribution is 2.11. The van der Waals surface area contributed by atoms with Gasteiger partial charge in [0.25, 0.3) is 0 Å². The first-order valence-electron chi connectivity index (χ1n) is 7.38. The maximum absolute atomic E-state index is 11.5. The lowest BCUT2D eigenvalue weighted by molar-refractivity contribution is -0.121. The molecule has 1 rings (SSSR count).